The third-order valence-corrected chi connectivity index (χ3v) is 23.2. The molecule has 0 unspecified atom stereocenters. The predicted molar refractivity (Wildman–Crippen MR) is 515 cm³/mol. The van der Waals surface area contributed by atoms with Gasteiger partial charge in [0, 0.05) is 105 Å². The summed E-state index contributed by atoms with van der Waals surface area (Å²) >= 11 is 0. The third-order valence-electron chi connectivity index (χ3n) is 23.2. The molecule has 7 aromatic heterocycles. The summed E-state index contributed by atoms with van der Waals surface area (Å²) < 4.78 is 4.47. The molecule has 0 aliphatic heterocycles. The first-order valence-electron chi connectivity index (χ1n) is 42.5. The first-order valence-corrected chi connectivity index (χ1v) is 42.5. The van der Waals surface area contributed by atoms with Gasteiger partial charge in [0.1, 0.15) is 0 Å². The summed E-state index contributed by atoms with van der Waals surface area (Å²) in [6, 6.07) is 138. The Morgan fingerprint density at radius 1 is 0.154 bits per heavy atom. The molecule has 0 radical (unpaired) electrons. The van der Waals surface area contributed by atoms with Crippen molar-refractivity contribution in [1.82, 2.24) is 83.9 Å². The lowest BCUT2D eigenvalue weighted by molar-refractivity contribution is 1.06. The molecule has 18 nitrogen and oxygen atoms in total. The van der Waals surface area contributed by atoms with Crippen molar-refractivity contribution in [3.05, 3.63) is 424 Å². The average Bonchev–Trinajstić information content (AvgIpc) is 1.60. The molecule has 16 aromatic carbocycles. The quantitative estimate of drug-likeness (QED) is 0.0732. The standard InChI is InChI=1S/C112H68N18/c1-113-97-85(53-32-54-95(97)129-91-61-56-81(108-119-98(70-33-12-2-13-34-70)114-99(120-108)71-35-14-3-15-36-71)65-87(91)88-66-82(57-62-92(88)129)109-121-100(72-37-16-4-17-38-72)115-101(122-109)73-39-18-5-19-40-73)80-55-60-86(112-127-106(78-49-28-10-29-50-78)118-107(128-112)79-51-30-11-31-52-79)96(69-80)130-93-63-58-83(110-123-102(74-41-20-6-21-42-74)116-103(124-110)75-43-22-7-23-44-75)67-89(93)90-68-84(59-64-94(90)130)111-125-104(76-45-24-8-25-46-76)117-105(126-111)77-47-26-9-27-48-77/h2-69H. The maximum Gasteiger partial charge on any atom is 0.218 e. The smallest absolute Gasteiger partial charge is 0.218 e. The minimum absolute atomic E-state index is 0.390. The third kappa shape index (κ3) is 14.5. The number of rotatable bonds is 18. The van der Waals surface area contributed by atoms with Gasteiger partial charge in [0.05, 0.1) is 40.0 Å². The van der Waals surface area contributed by atoms with Crippen LogP contribution in [0.1, 0.15) is 0 Å². The van der Waals surface area contributed by atoms with Crippen molar-refractivity contribution in [3.63, 3.8) is 0 Å². The molecule has 0 N–H and O–H groups in total. The number of hydrogen-bond acceptors (Lipinski definition) is 15. The van der Waals surface area contributed by atoms with Gasteiger partial charge in [0.25, 0.3) is 0 Å². The van der Waals surface area contributed by atoms with Gasteiger partial charge in [-0.05, 0) is 102 Å². The highest BCUT2D eigenvalue weighted by molar-refractivity contribution is 6.14. The Morgan fingerprint density at radius 3 is 0.577 bits per heavy atom. The van der Waals surface area contributed by atoms with E-state index in [2.05, 4.69) is 105 Å². The number of fused-ring (bicyclic) bond motifs is 6. The van der Waals surface area contributed by atoms with Gasteiger partial charge in [-0.2, -0.15) is 0 Å². The Bertz CT molecular complexity index is 7660. The minimum atomic E-state index is 0.390. The van der Waals surface area contributed by atoms with E-state index in [1.165, 1.54) is 0 Å². The molecule has 130 heavy (non-hydrogen) atoms. The van der Waals surface area contributed by atoms with E-state index in [0.717, 1.165) is 127 Å². The zero-order valence-electron chi connectivity index (χ0n) is 69.3. The molecule has 0 bridgehead atoms. The molecule has 0 spiro atoms. The van der Waals surface area contributed by atoms with E-state index >= 15 is 0 Å². The van der Waals surface area contributed by atoms with E-state index in [1.54, 1.807) is 0 Å². The van der Waals surface area contributed by atoms with E-state index in [-0.39, 0.29) is 0 Å². The monoisotopic (exact) mass is 1660 g/mol. The minimum Gasteiger partial charge on any atom is -0.319 e. The Labute approximate surface area is 745 Å². The van der Waals surface area contributed by atoms with Gasteiger partial charge in [-0.3, -0.25) is 0 Å². The Morgan fingerprint density at radius 2 is 0.354 bits per heavy atom. The molecule has 0 amide bonds. The second-order valence-corrected chi connectivity index (χ2v) is 31.3. The average molecular weight is 1670 g/mol. The van der Waals surface area contributed by atoms with Crippen LogP contribution in [0.25, 0.3) is 242 Å². The molecule has 23 rings (SSSR count). The van der Waals surface area contributed by atoms with Crippen LogP contribution in [-0.2, 0) is 0 Å². The molecular formula is C112H68N18. The molecule has 7 heterocycles. The van der Waals surface area contributed by atoms with Crippen LogP contribution >= 0.6 is 0 Å². The summed E-state index contributed by atoms with van der Waals surface area (Å²) in [4.78, 5) is 83.4. The van der Waals surface area contributed by atoms with Crippen molar-refractivity contribution >= 4 is 49.3 Å². The number of benzene rings is 16. The summed E-state index contributed by atoms with van der Waals surface area (Å²) in [5, 5.41) is 3.43. The van der Waals surface area contributed by atoms with Crippen molar-refractivity contribution < 1.29 is 0 Å². The SMILES string of the molecule is [C-]#[N+]c1c(-c2ccc(-c3nc(-c4ccccc4)nc(-c4ccccc4)n3)c(-n3c4ccc(-c5nc(-c6ccccc6)nc(-c6ccccc6)n5)cc4c4cc(-c5nc(-c6ccccc6)nc(-c6ccccc6)n5)ccc43)c2)cccc1-n1c2ccc(-c3nc(-c4ccccc4)nc(-c4ccccc4)n3)cc2c2cc(-c3nc(-c4ccccc4)nc(-c4ccccc4)n3)ccc21. The van der Waals surface area contributed by atoms with E-state index in [0.29, 0.717) is 116 Å². The molecule has 0 saturated carbocycles. The van der Waals surface area contributed by atoms with Crippen LogP contribution in [0.15, 0.2) is 413 Å². The lowest BCUT2D eigenvalue weighted by Gasteiger charge is -2.18. The van der Waals surface area contributed by atoms with Crippen LogP contribution in [0.3, 0.4) is 0 Å². The van der Waals surface area contributed by atoms with Crippen LogP contribution in [0.5, 0.6) is 0 Å². The van der Waals surface area contributed by atoms with Crippen LogP contribution < -0.4 is 0 Å². The number of hydrogen-bond donors (Lipinski definition) is 0. The second-order valence-electron chi connectivity index (χ2n) is 31.3. The van der Waals surface area contributed by atoms with Crippen LogP contribution in [0.2, 0.25) is 0 Å². The normalized spacial score (nSPS) is 11.4. The zero-order chi connectivity index (χ0) is 86.4. The summed E-state index contributed by atoms with van der Waals surface area (Å²) in [5.41, 5.74) is 18.4. The first-order chi connectivity index (χ1) is 64.3. The number of para-hydroxylation sites is 1. The first kappa shape index (κ1) is 76.5. The van der Waals surface area contributed by atoms with Crippen LogP contribution in [-0.4, -0.2) is 83.9 Å². The molecule has 18 heteroatoms. The zero-order valence-corrected chi connectivity index (χ0v) is 69.3. The van der Waals surface area contributed by atoms with Crippen molar-refractivity contribution in [2.24, 2.45) is 0 Å². The van der Waals surface area contributed by atoms with Crippen molar-refractivity contribution in [3.8, 4) is 193 Å². The molecule has 0 aliphatic rings. The van der Waals surface area contributed by atoms with Crippen molar-refractivity contribution in [1.29, 1.82) is 0 Å². The summed E-state index contributed by atoms with van der Waals surface area (Å²) in [6.45, 7) is 9.68. The fourth-order valence-corrected chi connectivity index (χ4v) is 16.9. The van der Waals surface area contributed by atoms with Gasteiger partial charge in [-0.15, -0.1) is 0 Å². The Kier molecular flexibility index (Phi) is 19.5. The van der Waals surface area contributed by atoms with Crippen LogP contribution in [0, 0.1) is 6.57 Å². The molecule has 0 atom stereocenters. The van der Waals surface area contributed by atoms with E-state index in [9.17, 15) is 6.57 Å². The van der Waals surface area contributed by atoms with Gasteiger partial charge < -0.3 is 9.13 Å². The molecular weight excluding hydrogens is 1600 g/mol. The molecule has 23 aromatic rings. The van der Waals surface area contributed by atoms with Crippen LogP contribution in [0.4, 0.5) is 5.69 Å². The lowest BCUT2D eigenvalue weighted by Crippen LogP contribution is -2.04. The molecule has 0 saturated heterocycles. The second kappa shape index (κ2) is 33.0. The van der Waals surface area contributed by atoms with Gasteiger partial charge in [-0.1, -0.05) is 322 Å². The van der Waals surface area contributed by atoms with Gasteiger partial charge >= 0.3 is 0 Å². The summed E-state index contributed by atoms with van der Waals surface area (Å²) in [6.07, 6.45) is 0. The Balaban J connectivity index is 0.765. The maximum atomic E-state index is 9.68. The number of aromatic nitrogens is 17. The van der Waals surface area contributed by atoms with E-state index in [1.807, 2.05) is 322 Å². The predicted octanol–water partition coefficient (Wildman–Crippen LogP) is 26.0. The lowest BCUT2D eigenvalue weighted by atomic mass is 9.98. The summed E-state index contributed by atoms with van der Waals surface area (Å²) in [5.74, 6) is 7.53. The highest BCUT2D eigenvalue weighted by Crippen LogP contribution is 2.47. The fourth-order valence-electron chi connectivity index (χ4n) is 16.9. The molecule has 606 valence electrons. The molecule has 0 aliphatic carbocycles. The number of nitrogens with zero attached hydrogens (tertiary/aromatic N) is 18. The molecule has 0 fully saturated rings. The van der Waals surface area contributed by atoms with E-state index in [4.69, 9.17) is 74.8 Å². The van der Waals surface area contributed by atoms with Gasteiger partial charge in [0.2, 0.25) is 5.69 Å². The Hall–Kier alpha value is -18.3. The van der Waals surface area contributed by atoms with E-state index < -0.39 is 0 Å². The van der Waals surface area contributed by atoms with Crippen molar-refractivity contribution in [2.75, 3.05) is 0 Å². The van der Waals surface area contributed by atoms with Gasteiger partial charge in [0.15, 0.2) is 87.4 Å². The maximum absolute atomic E-state index is 9.68. The van der Waals surface area contributed by atoms with Gasteiger partial charge in [-0.25, -0.2) is 79.6 Å². The highest BCUT2D eigenvalue weighted by atomic mass is 15.1. The van der Waals surface area contributed by atoms with Crippen molar-refractivity contribution in [2.45, 2.75) is 0 Å². The highest BCUT2D eigenvalue weighted by Gasteiger charge is 2.28. The largest absolute Gasteiger partial charge is 0.319 e. The summed E-state index contributed by atoms with van der Waals surface area (Å²) in [7, 11) is 0. The topological polar surface area (TPSA) is 208 Å². The fraction of sp³-hybridized carbons (Fsp3) is 0.